The summed E-state index contributed by atoms with van der Waals surface area (Å²) < 4.78 is 0. The maximum absolute atomic E-state index is 12.6. The van der Waals surface area contributed by atoms with Gasteiger partial charge < -0.3 is 10.2 Å². The second-order valence-corrected chi connectivity index (χ2v) is 6.51. The van der Waals surface area contributed by atoms with E-state index in [-0.39, 0.29) is 5.54 Å². The van der Waals surface area contributed by atoms with Crippen LogP contribution in [0.3, 0.4) is 0 Å². The molecule has 1 aliphatic heterocycles. The minimum Gasteiger partial charge on any atom is -0.334 e. The van der Waals surface area contributed by atoms with Crippen molar-refractivity contribution in [1.29, 1.82) is 0 Å². The van der Waals surface area contributed by atoms with E-state index in [0.29, 0.717) is 11.8 Å². The highest BCUT2D eigenvalue weighted by Gasteiger charge is 2.42. The molecule has 1 heterocycles. The zero-order valence-corrected chi connectivity index (χ0v) is 11.4. The quantitative estimate of drug-likeness (QED) is 0.815. The van der Waals surface area contributed by atoms with Gasteiger partial charge in [-0.1, -0.05) is 25.7 Å². The number of carbonyl (C=O) groups is 1. The first-order valence-electron chi connectivity index (χ1n) is 7.81. The van der Waals surface area contributed by atoms with E-state index in [4.69, 9.17) is 0 Å². The van der Waals surface area contributed by atoms with Crippen LogP contribution in [-0.4, -0.2) is 36.0 Å². The van der Waals surface area contributed by atoms with Crippen LogP contribution >= 0.6 is 0 Å². The van der Waals surface area contributed by atoms with E-state index >= 15 is 0 Å². The Bertz CT molecular complexity index is 297. The van der Waals surface area contributed by atoms with Crippen LogP contribution in [0, 0.1) is 5.92 Å². The molecule has 0 aromatic heterocycles. The van der Waals surface area contributed by atoms with Crippen molar-refractivity contribution in [2.45, 2.75) is 63.3 Å². The van der Waals surface area contributed by atoms with Gasteiger partial charge in [0, 0.05) is 26.1 Å². The Morgan fingerprint density at radius 1 is 1.17 bits per heavy atom. The van der Waals surface area contributed by atoms with Crippen LogP contribution < -0.4 is 5.32 Å². The molecule has 1 amide bonds. The molecule has 3 rings (SSSR count). The molecule has 0 aromatic rings. The van der Waals surface area contributed by atoms with Crippen molar-refractivity contribution in [2.75, 3.05) is 19.6 Å². The highest BCUT2D eigenvalue weighted by molar-refractivity contribution is 5.77. The third-order valence-electron chi connectivity index (χ3n) is 5.31. The van der Waals surface area contributed by atoms with Crippen molar-refractivity contribution in [3.63, 3.8) is 0 Å². The number of hydrogen-bond donors (Lipinski definition) is 1. The summed E-state index contributed by atoms with van der Waals surface area (Å²) in [6, 6.07) is 0. The fourth-order valence-corrected chi connectivity index (χ4v) is 3.94. The number of hydrogen-bond acceptors (Lipinski definition) is 2. The lowest BCUT2D eigenvalue weighted by Gasteiger charge is -2.50. The van der Waals surface area contributed by atoms with Crippen LogP contribution in [0.5, 0.6) is 0 Å². The molecule has 3 heteroatoms. The standard InChI is InChI=1S/C15H26N2O/c18-14(11-13-5-4-6-13)17-10-9-16-12-15(17)7-2-1-3-8-15/h13,16H,1-12H2. The zero-order valence-electron chi connectivity index (χ0n) is 11.4. The predicted octanol–water partition coefficient (Wildman–Crippen LogP) is 2.31. The number of carbonyl (C=O) groups excluding carboxylic acids is 1. The zero-order chi connectivity index (χ0) is 12.4. The van der Waals surface area contributed by atoms with E-state index in [1.54, 1.807) is 0 Å². The number of rotatable bonds is 2. The molecule has 3 aliphatic rings. The van der Waals surface area contributed by atoms with E-state index < -0.39 is 0 Å². The van der Waals surface area contributed by atoms with E-state index in [1.165, 1.54) is 51.4 Å². The second kappa shape index (κ2) is 5.20. The molecule has 102 valence electrons. The van der Waals surface area contributed by atoms with Gasteiger partial charge in [-0.2, -0.15) is 0 Å². The number of amides is 1. The smallest absolute Gasteiger partial charge is 0.223 e. The van der Waals surface area contributed by atoms with E-state index in [0.717, 1.165) is 26.1 Å². The van der Waals surface area contributed by atoms with Crippen LogP contribution in [0.4, 0.5) is 0 Å². The largest absolute Gasteiger partial charge is 0.334 e. The van der Waals surface area contributed by atoms with Gasteiger partial charge in [0.2, 0.25) is 5.91 Å². The summed E-state index contributed by atoms with van der Waals surface area (Å²) >= 11 is 0. The molecule has 2 saturated carbocycles. The predicted molar refractivity (Wildman–Crippen MR) is 72.4 cm³/mol. The number of nitrogens with one attached hydrogen (secondary N) is 1. The Morgan fingerprint density at radius 2 is 1.94 bits per heavy atom. The van der Waals surface area contributed by atoms with Crippen LogP contribution in [0.25, 0.3) is 0 Å². The van der Waals surface area contributed by atoms with E-state index in [2.05, 4.69) is 10.2 Å². The van der Waals surface area contributed by atoms with Crippen molar-refractivity contribution < 1.29 is 4.79 Å². The highest BCUT2D eigenvalue weighted by Crippen LogP contribution is 2.37. The van der Waals surface area contributed by atoms with Crippen molar-refractivity contribution >= 4 is 5.91 Å². The van der Waals surface area contributed by atoms with Gasteiger partial charge in [0.15, 0.2) is 0 Å². The van der Waals surface area contributed by atoms with Gasteiger partial charge >= 0.3 is 0 Å². The lowest BCUT2D eigenvalue weighted by molar-refractivity contribution is -0.142. The minimum atomic E-state index is 0.178. The van der Waals surface area contributed by atoms with Gasteiger partial charge in [0.05, 0.1) is 5.54 Å². The maximum Gasteiger partial charge on any atom is 0.223 e. The van der Waals surface area contributed by atoms with Crippen molar-refractivity contribution in [3.8, 4) is 0 Å². The lowest BCUT2D eigenvalue weighted by atomic mass is 9.77. The van der Waals surface area contributed by atoms with Gasteiger partial charge in [0.1, 0.15) is 0 Å². The Labute approximate surface area is 110 Å². The topological polar surface area (TPSA) is 32.3 Å². The van der Waals surface area contributed by atoms with Crippen LogP contribution in [0.2, 0.25) is 0 Å². The summed E-state index contributed by atoms with van der Waals surface area (Å²) in [7, 11) is 0. The first kappa shape index (κ1) is 12.5. The third-order valence-corrected chi connectivity index (χ3v) is 5.31. The summed E-state index contributed by atoms with van der Waals surface area (Å²) in [6.45, 7) is 2.95. The molecular formula is C15H26N2O. The molecule has 0 radical (unpaired) electrons. The molecule has 18 heavy (non-hydrogen) atoms. The van der Waals surface area contributed by atoms with Gasteiger partial charge in [-0.15, -0.1) is 0 Å². The van der Waals surface area contributed by atoms with E-state index in [9.17, 15) is 4.79 Å². The van der Waals surface area contributed by atoms with Gasteiger partial charge in [-0.25, -0.2) is 0 Å². The second-order valence-electron chi connectivity index (χ2n) is 6.51. The Hall–Kier alpha value is -0.570. The van der Waals surface area contributed by atoms with Gasteiger partial charge in [-0.05, 0) is 31.6 Å². The monoisotopic (exact) mass is 250 g/mol. The summed E-state index contributed by atoms with van der Waals surface area (Å²) in [5, 5.41) is 3.52. The third kappa shape index (κ3) is 2.29. The van der Waals surface area contributed by atoms with Crippen molar-refractivity contribution in [3.05, 3.63) is 0 Å². The molecule has 3 nitrogen and oxygen atoms in total. The first-order valence-corrected chi connectivity index (χ1v) is 7.81. The van der Waals surface area contributed by atoms with Crippen molar-refractivity contribution in [2.24, 2.45) is 5.92 Å². The fraction of sp³-hybridized carbons (Fsp3) is 0.933. The van der Waals surface area contributed by atoms with Crippen LogP contribution in [-0.2, 0) is 4.79 Å². The van der Waals surface area contributed by atoms with Crippen LogP contribution in [0.15, 0.2) is 0 Å². The molecule has 1 N–H and O–H groups in total. The van der Waals surface area contributed by atoms with Gasteiger partial charge in [-0.3, -0.25) is 4.79 Å². The molecule has 3 fully saturated rings. The molecule has 2 aliphatic carbocycles. The van der Waals surface area contributed by atoms with Gasteiger partial charge in [0.25, 0.3) is 0 Å². The lowest BCUT2D eigenvalue weighted by Crippen LogP contribution is -2.63. The Balaban J connectivity index is 1.67. The maximum atomic E-state index is 12.6. The Kier molecular flexibility index (Phi) is 3.60. The van der Waals surface area contributed by atoms with E-state index in [1.807, 2.05) is 0 Å². The average Bonchev–Trinajstić information content (AvgIpc) is 2.35. The van der Waals surface area contributed by atoms with Crippen molar-refractivity contribution in [1.82, 2.24) is 10.2 Å². The SMILES string of the molecule is O=C(CC1CCC1)N1CCNCC12CCCCC2. The fourth-order valence-electron chi connectivity index (χ4n) is 3.94. The average molecular weight is 250 g/mol. The number of nitrogens with zero attached hydrogens (tertiary/aromatic N) is 1. The molecule has 0 aromatic carbocycles. The molecule has 0 bridgehead atoms. The normalized spacial score (nSPS) is 28.1. The summed E-state index contributed by atoms with van der Waals surface area (Å²) in [6.07, 6.45) is 11.1. The summed E-state index contributed by atoms with van der Waals surface area (Å²) in [5.41, 5.74) is 0.178. The molecular weight excluding hydrogens is 224 g/mol. The highest BCUT2D eigenvalue weighted by atomic mass is 16.2. The summed E-state index contributed by atoms with van der Waals surface area (Å²) in [4.78, 5) is 14.8. The molecule has 1 spiro atoms. The molecule has 0 atom stereocenters. The minimum absolute atomic E-state index is 0.178. The number of piperazine rings is 1. The molecule has 0 unspecified atom stereocenters. The summed E-state index contributed by atoms with van der Waals surface area (Å²) in [5.74, 6) is 1.15. The van der Waals surface area contributed by atoms with Crippen LogP contribution in [0.1, 0.15) is 57.8 Å². The first-order chi connectivity index (χ1) is 8.80. The Morgan fingerprint density at radius 3 is 2.61 bits per heavy atom. The molecule has 1 saturated heterocycles.